The summed E-state index contributed by atoms with van der Waals surface area (Å²) in [6.45, 7) is 0. The maximum atomic E-state index is 4.17. The first-order chi connectivity index (χ1) is 7.33. The van der Waals surface area contributed by atoms with Crippen LogP contribution in [0, 0.1) is 0 Å². The number of nitrogens with zero attached hydrogens (tertiary/aromatic N) is 3. The topological polar surface area (TPSA) is 22.2 Å². The normalized spacial score (nSPS) is 11.0. The molecular formula is C12H11N3. The van der Waals surface area contributed by atoms with E-state index >= 15 is 0 Å². The zero-order valence-corrected chi connectivity index (χ0v) is 8.46. The Morgan fingerprint density at radius 1 is 1.13 bits per heavy atom. The largest absolute Gasteiger partial charge is 0.323 e. The molecule has 0 aliphatic heterocycles. The second-order valence-electron chi connectivity index (χ2n) is 3.66. The van der Waals surface area contributed by atoms with Crippen molar-refractivity contribution in [3.05, 3.63) is 49.1 Å². The van der Waals surface area contributed by atoms with E-state index in [1.165, 1.54) is 11.1 Å². The van der Waals surface area contributed by atoms with Gasteiger partial charge in [0.1, 0.15) is 0 Å². The lowest BCUT2D eigenvalue weighted by Gasteiger charge is -1.89. The maximum Gasteiger partial charge on any atom is 0.0568 e. The van der Waals surface area contributed by atoms with Gasteiger partial charge >= 0.3 is 0 Å². The highest BCUT2D eigenvalue weighted by atomic mass is 15.2. The summed E-state index contributed by atoms with van der Waals surface area (Å²) in [5.41, 5.74) is 3.56. The van der Waals surface area contributed by atoms with Crippen molar-refractivity contribution in [2.24, 2.45) is 7.05 Å². The molecule has 0 spiro atoms. The Bertz CT molecular complexity index is 571. The Labute approximate surface area is 87.6 Å². The van der Waals surface area contributed by atoms with Crippen molar-refractivity contribution in [3.63, 3.8) is 0 Å². The molecule has 15 heavy (non-hydrogen) atoms. The van der Waals surface area contributed by atoms with Crippen molar-refractivity contribution in [2.75, 3.05) is 0 Å². The van der Waals surface area contributed by atoms with Crippen LogP contribution in [0.1, 0.15) is 0 Å². The first kappa shape index (κ1) is 8.29. The summed E-state index contributed by atoms with van der Waals surface area (Å²) in [6, 6.07) is 8.33. The summed E-state index contributed by atoms with van der Waals surface area (Å²) in [5, 5.41) is 4.17. The van der Waals surface area contributed by atoms with Crippen molar-refractivity contribution in [2.45, 2.75) is 0 Å². The van der Waals surface area contributed by atoms with Gasteiger partial charge in [-0.1, -0.05) is 6.07 Å². The van der Waals surface area contributed by atoms with E-state index in [0.29, 0.717) is 0 Å². The van der Waals surface area contributed by atoms with Crippen molar-refractivity contribution in [3.8, 4) is 11.1 Å². The zero-order chi connectivity index (χ0) is 10.3. The van der Waals surface area contributed by atoms with Crippen LogP contribution in [0.4, 0.5) is 0 Å². The van der Waals surface area contributed by atoms with Crippen LogP contribution in [-0.2, 0) is 7.05 Å². The third kappa shape index (κ3) is 1.32. The van der Waals surface area contributed by atoms with Crippen molar-refractivity contribution in [1.29, 1.82) is 0 Å². The fourth-order valence-corrected chi connectivity index (χ4v) is 1.78. The molecule has 74 valence electrons. The van der Waals surface area contributed by atoms with Crippen LogP contribution in [0.15, 0.2) is 49.1 Å². The third-order valence-electron chi connectivity index (χ3n) is 2.54. The van der Waals surface area contributed by atoms with E-state index in [-0.39, 0.29) is 0 Å². The van der Waals surface area contributed by atoms with Crippen molar-refractivity contribution < 1.29 is 0 Å². The van der Waals surface area contributed by atoms with Gasteiger partial charge in [0.25, 0.3) is 0 Å². The van der Waals surface area contributed by atoms with Gasteiger partial charge in [-0.05, 0) is 18.2 Å². The zero-order valence-electron chi connectivity index (χ0n) is 8.46. The van der Waals surface area contributed by atoms with Gasteiger partial charge in [0.2, 0.25) is 0 Å². The number of pyridine rings is 1. The standard InChI is InChI=1S/C12H11N3/c1-14-8-11(7-13-14)10-6-12-4-2-3-5-15(12)9-10/h2-9H,1H3. The quantitative estimate of drug-likeness (QED) is 0.587. The lowest BCUT2D eigenvalue weighted by molar-refractivity contribution is 0.768. The number of rotatable bonds is 1. The SMILES string of the molecule is Cn1cc(-c2cc3ccccn3c2)cn1. The van der Waals surface area contributed by atoms with Gasteiger partial charge in [0.05, 0.1) is 6.20 Å². The molecular weight excluding hydrogens is 186 g/mol. The van der Waals surface area contributed by atoms with Gasteiger partial charge in [-0.15, -0.1) is 0 Å². The van der Waals surface area contributed by atoms with Gasteiger partial charge in [-0.2, -0.15) is 5.10 Å². The molecule has 0 aliphatic carbocycles. The molecule has 0 unspecified atom stereocenters. The summed E-state index contributed by atoms with van der Waals surface area (Å²) in [7, 11) is 1.93. The number of hydrogen-bond donors (Lipinski definition) is 0. The van der Waals surface area contributed by atoms with E-state index in [0.717, 1.165) is 5.56 Å². The second-order valence-corrected chi connectivity index (χ2v) is 3.66. The van der Waals surface area contributed by atoms with Gasteiger partial charge in [-0.25, -0.2) is 0 Å². The average Bonchev–Trinajstić information content (AvgIpc) is 2.82. The van der Waals surface area contributed by atoms with E-state index in [9.17, 15) is 0 Å². The molecule has 0 atom stereocenters. The maximum absolute atomic E-state index is 4.17. The summed E-state index contributed by atoms with van der Waals surface area (Å²) < 4.78 is 3.93. The monoisotopic (exact) mass is 197 g/mol. The molecule has 0 fully saturated rings. The Balaban J connectivity index is 2.19. The highest BCUT2D eigenvalue weighted by molar-refractivity contribution is 5.69. The summed E-state index contributed by atoms with van der Waals surface area (Å²) in [5.74, 6) is 0. The first-order valence-corrected chi connectivity index (χ1v) is 4.89. The predicted octanol–water partition coefficient (Wildman–Crippen LogP) is 2.34. The highest BCUT2D eigenvalue weighted by Gasteiger charge is 2.03. The molecule has 0 radical (unpaired) electrons. The molecule has 0 N–H and O–H groups in total. The van der Waals surface area contributed by atoms with Gasteiger partial charge in [0.15, 0.2) is 0 Å². The minimum Gasteiger partial charge on any atom is -0.323 e. The van der Waals surface area contributed by atoms with Crippen molar-refractivity contribution in [1.82, 2.24) is 14.2 Å². The van der Waals surface area contributed by atoms with E-state index in [2.05, 4.69) is 34.0 Å². The van der Waals surface area contributed by atoms with Crippen LogP contribution < -0.4 is 0 Å². The molecule has 0 amide bonds. The molecule has 0 aromatic carbocycles. The third-order valence-corrected chi connectivity index (χ3v) is 2.54. The molecule has 3 heterocycles. The number of hydrogen-bond acceptors (Lipinski definition) is 1. The van der Waals surface area contributed by atoms with E-state index < -0.39 is 0 Å². The molecule has 0 saturated heterocycles. The van der Waals surface area contributed by atoms with Gasteiger partial charge < -0.3 is 4.40 Å². The van der Waals surface area contributed by atoms with Gasteiger partial charge in [0, 0.05) is 42.3 Å². The number of aryl methyl sites for hydroxylation is 1. The minimum atomic E-state index is 1.15. The summed E-state index contributed by atoms with van der Waals surface area (Å²) >= 11 is 0. The van der Waals surface area contributed by atoms with Crippen molar-refractivity contribution >= 4 is 5.52 Å². The van der Waals surface area contributed by atoms with Gasteiger partial charge in [-0.3, -0.25) is 4.68 Å². The summed E-state index contributed by atoms with van der Waals surface area (Å²) in [4.78, 5) is 0. The average molecular weight is 197 g/mol. The second kappa shape index (κ2) is 2.98. The number of aromatic nitrogens is 3. The van der Waals surface area contributed by atoms with E-state index in [1.807, 2.05) is 36.3 Å². The fourth-order valence-electron chi connectivity index (χ4n) is 1.78. The first-order valence-electron chi connectivity index (χ1n) is 4.89. The lowest BCUT2D eigenvalue weighted by Crippen LogP contribution is -1.83. The molecule has 3 nitrogen and oxygen atoms in total. The van der Waals surface area contributed by atoms with E-state index in [4.69, 9.17) is 0 Å². The van der Waals surface area contributed by atoms with Crippen LogP contribution in [0.25, 0.3) is 16.6 Å². The molecule has 0 bridgehead atoms. The Hall–Kier alpha value is -2.03. The number of fused-ring (bicyclic) bond motifs is 1. The lowest BCUT2D eigenvalue weighted by atomic mass is 10.2. The molecule has 0 saturated carbocycles. The Morgan fingerprint density at radius 3 is 2.80 bits per heavy atom. The Morgan fingerprint density at radius 2 is 2.07 bits per heavy atom. The Kier molecular flexibility index (Phi) is 1.65. The minimum absolute atomic E-state index is 1.15. The van der Waals surface area contributed by atoms with Crippen LogP contribution in [0.2, 0.25) is 0 Å². The molecule has 3 aromatic heterocycles. The van der Waals surface area contributed by atoms with Crippen LogP contribution in [0.3, 0.4) is 0 Å². The summed E-state index contributed by atoms with van der Waals surface area (Å²) in [6.07, 6.45) is 8.07. The predicted molar refractivity (Wildman–Crippen MR) is 59.6 cm³/mol. The molecule has 0 aliphatic rings. The molecule has 3 rings (SSSR count). The smallest absolute Gasteiger partial charge is 0.0568 e. The fraction of sp³-hybridized carbons (Fsp3) is 0.0833. The molecule has 3 aromatic rings. The van der Waals surface area contributed by atoms with Crippen LogP contribution in [-0.4, -0.2) is 14.2 Å². The molecule has 3 heteroatoms. The highest BCUT2D eigenvalue weighted by Crippen LogP contribution is 2.21. The van der Waals surface area contributed by atoms with E-state index in [1.54, 1.807) is 0 Å². The van der Waals surface area contributed by atoms with Crippen LogP contribution in [0.5, 0.6) is 0 Å². The van der Waals surface area contributed by atoms with Crippen LogP contribution >= 0.6 is 0 Å².